The summed E-state index contributed by atoms with van der Waals surface area (Å²) in [6.45, 7) is 10.3. The van der Waals surface area contributed by atoms with Crippen molar-refractivity contribution >= 4 is 0 Å². The van der Waals surface area contributed by atoms with Gasteiger partial charge in [0.2, 0.25) is 0 Å². The Morgan fingerprint density at radius 3 is 2.23 bits per heavy atom. The van der Waals surface area contributed by atoms with Crippen LogP contribution in [0.5, 0.6) is 0 Å². The lowest BCUT2D eigenvalue weighted by Crippen LogP contribution is -2.52. The van der Waals surface area contributed by atoms with Crippen LogP contribution in [-0.4, -0.2) is 29.1 Å². The van der Waals surface area contributed by atoms with Crippen molar-refractivity contribution in [1.29, 1.82) is 0 Å². The Morgan fingerprint density at radius 1 is 1.38 bits per heavy atom. The number of rotatable bonds is 3. The highest BCUT2D eigenvalue weighted by Crippen LogP contribution is 2.31. The van der Waals surface area contributed by atoms with E-state index in [1.807, 2.05) is 0 Å². The summed E-state index contributed by atoms with van der Waals surface area (Å²) in [7, 11) is 0. The monoisotopic (exact) mass is 184 g/mol. The average molecular weight is 184 g/mol. The van der Waals surface area contributed by atoms with Crippen molar-refractivity contribution in [2.24, 2.45) is 5.73 Å². The highest BCUT2D eigenvalue weighted by Gasteiger charge is 2.41. The van der Waals surface area contributed by atoms with Gasteiger partial charge in [0, 0.05) is 24.2 Å². The molecular formula is C11H24N2. The normalized spacial score (nSPS) is 28.6. The molecule has 1 aliphatic heterocycles. The molecule has 0 saturated carbocycles. The summed E-state index contributed by atoms with van der Waals surface area (Å²) in [5, 5.41) is 0. The van der Waals surface area contributed by atoms with Gasteiger partial charge in [0.25, 0.3) is 0 Å². The molecular weight excluding hydrogens is 160 g/mol. The SMILES string of the molecule is CCC(CC)N1CCC(N)C1(C)C. The van der Waals surface area contributed by atoms with E-state index in [0.29, 0.717) is 6.04 Å². The third-order valence-corrected chi connectivity index (χ3v) is 3.71. The fourth-order valence-corrected chi connectivity index (χ4v) is 2.52. The van der Waals surface area contributed by atoms with Crippen molar-refractivity contribution in [3.05, 3.63) is 0 Å². The number of nitrogens with two attached hydrogens (primary N) is 1. The van der Waals surface area contributed by atoms with Crippen molar-refractivity contribution in [2.75, 3.05) is 6.54 Å². The lowest BCUT2D eigenvalue weighted by Gasteiger charge is -2.39. The Kier molecular flexibility index (Phi) is 3.36. The molecule has 0 aromatic heterocycles. The first-order valence-corrected chi connectivity index (χ1v) is 5.56. The molecule has 0 aromatic rings. The zero-order valence-corrected chi connectivity index (χ0v) is 9.51. The third kappa shape index (κ3) is 1.89. The average Bonchev–Trinajstić information content (AvgIpc) is 2.34. The van der Waals surface area contributed by atoms with E-state index in [2.05, 4.69) is 32.6 Å². The Hall–Kier alpha value is -0.0800. The van der Waals surface area contributed by atoms with Crippen LogP contribution in [0.1, 0.15) is 47.0 Å². The van der Waals surface area contributed by atoms with E-state index in [1.54, 1.807) is 0 Å². The van der Waals surface area contributed by atoms with Crippen molar-refractivity contribution in [3.63, 3.8) is 0 Å². The molecule has 1 heterocycles. The molecule has 0 radical (unpaired) electrons. The second kappa shape index (κ2) is 3.97. The smallest absolute Gasteiger partial charge is 0.0307 e. The standard InChI is InChI=1S/C11H24N2/c1-5-9(6-2)13-8-7-10(12)11(13,3)4/h9-10H,5-8,12H2,1-4H3. The highest BCUT2D eigenvalue weighted by molar-refractivity contribution is 5.00. The van der Waals surface area contributed by atoms with Gasteiger partial charge >= 0.3 is 0 Å². The fraction of sp³-hybridized carbons (Fsp3) is 1.00. The zero-order valence-electron chi connectivity index (χ0n) is 9.51. The summed E-state index contributed by atoms with van der Waals surface area (Å²) < 4.78 is 0. The lowest BCUT2D eigenvalue weighted by molar-refractivity contribution is 0.101. The highest BCUT2D eigenvalue weighted by atomic mass is 15.3. The number of hydrogen-bond acceptors (Lipinski definition) is 2. The van der Waals surface area contributed by atoms with E-state index >= 15 is 0 Å². The molecule has 13 heavy (non-hydrogen) atoms. The van der Waals surface area contributed by atoms with Crippen LogP contribution in [0.2, 0.25) is 0 Å². The molecule has 2 N–H and O–H groups in total. The summed E-state index contributed by atoms with van der Waals surface area (Å²) in [4.78, 5) is 2.59. The van der Waals surface area contributed by atoms with Gasteiger partial charge in [-0.25, -0.2) is 0 Å². The second-order valence-electron chi connectivity index (χ2n) is 4.71. The quantitative estimate of drug-likeness (QED) is 0.727. The fourth-order valence-electron chi connectivity index (χ4n) is 2.52. The van der Waals surface area contributed by atoms with Gasteiger partial charge in [-0.2, -0.15) is 0 Å². The van der Waals surface area contributed by atoms with Crippen LogP contribution in [0.4, 0.5) is 0 Å². The molecule has 2 nitrogen and oxygen atoms in total. The molecule has 1 aliphatic rings. The predicted octanol–water partition coefficient (Wildman–Crippen LogP) is 1.99. The summed E-state index contributed by atoms with van der Waals surface area (Å²) in [5.74, 6) is 0. The van der Waals surface area contributed by atoms with Crippen molar-refractivity contribution in [1.82, 2.24) is 4.90 Å². The summed E-state index contributed by atoms with van der Waals surface area (Å²) in [6, 6.07) is 1.08. The van der Waals surface area contributed by atoms with Gasteiger partial charge in [0.05, 0.1) is 0 Å². The van der Waals surface area contributed by atoms with Crippen LogP contribution >= 0.6 is 0 Å². The van der Waals surface area contributed by atoms with E-state index in [4.69, 9.17) is 5.73 Å². The first-order chi connectivity index (χ1) is 6.04. The van der Waals surface area contributed by atoms with Crippen LogP contribution in [0.3, 0.4) is 0 Å². The van der Waals surface area contributed by atoms with E-state index in [0.717, 1.165) is 12.5 Å². The largest absolute Gasteiger partial charge is 0.326 e. The Labute approximate surface area is 82.5 Å². The minimum Gasteiger partial charge on any atom is -0.326 e. The molecule has 1 unspecified atom stereocenters. The molecule has 1 fully saturated rings. The van der Waals surface area contributed by atoms with Gasteiger partial charge in [0.1, 0.15) is 0 Å². The predicted molar refractivity (Wildman–Crippen MR) is 57.7 cm³/mol. The van der Waals surface area contributed by atoms with Gasteiger partial charge < -0.3 is 5.73 Å². The molecule has 0 aliphatic carbocycles. The first kappa shape index (κ1) is 11.0. The van der Waals surface area contributed by atoms with E-state index in [-0.39, 0.29) is 5.54 Å². The molecule has 0 bridgehead atoms. The van der Waals surface area contributed by atoms with Crippen LogP contribution in [0.25, 0.3) is 0 Å². The van der Waals surface area contributed by atoms with Gasteiger partial charge in [-0.1, -0.05) is 13.8 Å². The second-order valence-corrected chi connectivity index (χ2v) is 4.71. The molecule has 0 amide bonds. The van der Waals surface area contributed by atoms with Crippen LogP contribution in [0, 0.1) is 0 Å². The maximum Gasteiger partial charge on any atom is 0.0307 e. The minimum atomic E-state index is 0.205. The maximum absolute atomic E-state index is 6.11. The van der Waals surface area contributed by atoms with Gasteiger partial charge in [0.15, 0.2) is 0 Å². The van der Waals surface area contributed by atoms with Crippen molar-refractivity contribution in [3.8, 4) is 0 Å². The molecule has 1 saturated heterocycles. The van der Waals surface area contributed by atoms with E-state index in [1.165, 1.54) is 19.4 Å². The zero-order chi connectivity index (χ0) is 10.1. The number of hydrogen-bond donors (Lipinski definition) is 1. The van der Waals surface area contributed by atoms with E-state index < -0.39 is 0 Å². The van der Waals surface area contributed by atoms with Crippen molar-refractivity contribution < 1.29 is 0 Å². The van der Waals surface area contributed by atoms with Gasteiger partial charge in [-0.05, 0) is 33.1 Å². The Bertz CT molecular complexity index is 161. The number of likely N-dealkylation sites (tertiary alicyclic amines) is 1. The Morgan fingerprint density at radius 2 is 1.92 bits per heavy atom. The van der Waals surface area contributed by atoms with Crippen LogP contribution < -0.4 is 5.73 Å². The van der Waals surface area contributed by atoms with Gasteiger partial charge in [-0.3, -0.25) is 4.90 Å². The third-order valence-electron chi connectivity index (χ3n) is 3.71. The molecule has 78 valence electrons. The molecule has 1 atom stereocenters. The summed E-state index contributed by atoms with van der Waals surface area (Å²) >= 11 is 0. The minimum absolute atomic E-state index is 0.205. The molecule has 0 aromatic carbocycles. The van der Waals surface area contributed by atoms with Crippen LogP contribution in [-0.2, 0) is 0 Å². The maximum atomic E-state index is 6.11. The molecule has 0 spiro atoms. The molecule has 1 rings (SSSR count). The van der Waals surface area contributed by atoms with Crippen LogP contribution in [0.15, 0.2) is 0 Å². The molecule has 2 heteroatoms. The summed E-state index contributed by atoms with van der Waals surface area (Å²) in [6.07, 6.45) is 3.64. The lowest BCUT2D eigenvalue weighted by atomic mass is 9.94. The first-order valence-electron chi connectivity index (χ1n) is 5.56. The van der Waals surface area contributed by atoms with Gasteiger partial charge in [-0.15, -0.1) is 0 Å². The van der Waals surface area contributed by atoms with Crippen molar-refractivity contribution in [2.45, 2.75) is 64.6 Å². The topological polar surface area (TPSA) is 29.3 Å². The summed E-state index contributed by atoms with van der Waals surface area (Å²) in [5.41, 5.74) is 6.31. The van der Waals surface area contributed by atoms with E-state index in [9.17, 15) is 0 Å². The number of nitrogens with zero attached hydrogens (tertiary/aromatic N) is 1. The Balaban J connectivity index is 2.70.